The Balaban J connectivity index is 2.06. The van der Waals surface area contributed by atoms with Crippen LogP contribution in [0, 0.1) is 0 Å². The lowest BCUT2D eigenvalue weighted by Gasteiger charge is -2.31. The minimum absolute atomic E-state index is 0.104. The second kappa shape index (κ2) is 4.75. The third-order valence-corrected chi connectivity index (χ3v) is 4.99. The Labute approximate surface area is 118 Å². The van der Waals surface area contributed by atoms with Gasteiger partial charge in [0.2, 0.25) is 10.0 Å². The fourth-order valence-corrected chi connectivity index (χ4v) is 3.50. The van der Waals surface area contributed by atoms with Crippen LogP contribution in [0.3, 0.4) is 0 Å². The molecule has 7 heteroatoms. The van der Waals surface area contributed by atoms with Gasteiger partial charge in [0.15, 0.2) is 0 Å². The van der Waals surface area contributed by atoms with E-state index in [0.29, 0.717) is 19.6 Å². The van der Waals surface area contributed by atoms with Crippen molar-refractivity contribution < 1.29 is 17.9 Å². The highest BCUT2D eigenvalue weighted by atomic mass is 32.2. The molecule has 0 aliphatic carbocycles. The normalized spacial score (nSPS) is 23.6. The number of ether oxygens (including phenoxy) is 1. The number of rotatable bonds is 1. The molecule has 0 saturated carbocycles. The van der Waals surface area contributed by atoms with Gasteiger partial charge in [-0.25, -0.2) is 13.2 Å². The summed E-state index contributed by atoms with van der Waals surface area (Å²) in [7, 11) is -3.26. The Hall–Kier alpha value is -1.60. The van der Waals surface area contributed by atoms with E-state index in [1.807, 2.05) is 24.3 Å². The average molecular weight is 296 g/mol. The molecule has 108 valence electrons. The molecule has 0 N–H and O–H groups in total. The number of sulfonamides is 1. The van der Waals surface area contributed by atoms with E-state index in [-0.39, 0.29) is 18.7 Å². The number of carbonyl (C=O) groups excluding carboxylic acids is 1. The van der Waals surface area contributed by atoms with E-state index in [4.69, 9.17) is 4.74 Å². The second-order valence-electron chi connectivity index (χ2n) is 5.11. The fraction of sp³-hybridized carbons (Fsp3) is 0.462. The maximum atomic E-state index is 11.9. The number of nitrogens with zero attached hydrogens (tertiary/aromatic N) is 2. The zero-order valence-electron chi connectivity index (χ0n) is 11.2. The van der Waals surface area contributed by atoms with Crippen molar-refractivity contribution in [2.45, 2.75) is 19.0 Å². The van der Waals surface area contributed by atoms with Crippen LogP contribution < -0.4 is 4.90 Å². The molecule has 1 saturated heterocycles. The van der Waals surface area contributed by atoms with Crippen LogP contribution in [0.25, 0.3) is 0 Å². The van der Waals surface area contributed by atoms with Crippen LogP contribution >= 0.6 is 0 Å². The molecule has 2 aliphatic heterocycles. The third kappa shape index (κ3) is 2.27. The molecular formula is C13H16N2O4S. The molecule has 0 unspecified atom stereocenters. The Kier molecular flexibility index (Phi) is 3.18. The first-order valence-electron chi connectivity index (χ1n) is 6.46. The minimum atomic E-state index is -3.26. The first-order valence-corrected chi connectivity index (χ1v) is 8.30. The summed E-state index contributed by atoms with van der Waals surface area (Å²) >= 11 is 0. The number of hydrogen-bond acceptors (Lipinski definition) is 4. The van der Waals surface area contributed by atoms with Gasteiger partial charge in [-0.15, -0.1) is 0 Å². The van der Waals surface area contributed by atoms with E-state index >= 15 is 0 Å². The number of cyclic esters (lactones) is 1. The van der Waals surface area contributed by atoms with Crippen LogP contribution in [0.15, 0.2) is 24.3 Å². The van der Waals surface area contributed by atoms with Crippen LogP contribution in [0.4, 0.5) is 10.5 Å². The number of fused-ring (bicyclic) bond motifs is 3. The van der Waals surface area contributed by atoms with E-state index < -0.39 is 10.0 Å². The number of benzene rings is 1. The first kappa shape index (κ1) is 13.4. The van der Waals surface area contributed by atoms with Gasteiger partial charge < -0.3 is 4.74 Å². The lowest BCUT2D eigenvalue weighted by Crippen LogP contribution is -2.41. The van der Waals surface area contributed by atoms with E-state index in [1.54, 1.807) is 4.90 Å². The van der Waals surface area contributed by atoms with Gasteiger partial charge in [0, 0.05) is 13.1 Å². The third-order valence-electron chi connectivity index (χ3n) is 3.74. The van der Waals surface area contributed by atoms with Crippen molar-refractivity contribution in [3.05, 3.63) is 29.8 Å². The van der Waals surface area contributed by atoms with Crippen molar-refractivity contribution in [2.24, 2.45) is 0 Å². The van der Waals surface area contributed by atoms with Gasteiger partial charge in [0.1, 0.15) is 6.61 Å². The molecule has 2 heterocycles. The van der Waals surface area contributed by atoms with Gasteiger partial charge in [-0.1, -0.05) is 18.2 Å². The summed E-state index contributed by atoms with van der Waals surface area (Å²) in [5.74, 6) is 0. The molecule has 0 aromatic heterocycles. The molecule has 6 nitrogen and oxygen atoms in total. The van der Waals surface area contributed by atoms with Gasteiger partial charge in [0.05, 0.1) is 18.0 Å². The molecule has 0 bridgehead atoms. The minimum Gasteiger partial charge on any atom is -0.447 e. The Morgan fingerprint density at radius 1 is 1.30 bits per heavy atom. The van der Waals surface area contributed by atoms with Crippen LogP contribution in [-0.2, 0) is 21.3 Å². The van der Waals surface area contributed by atoms with Crippen LogP contribution in [-0.4, -0.2) is 44.3 Å². The van der Waals surface area contributed by atoms with E-state index in [0.717, 1.165) is 11.3 Å². The average Bonchev–Trinajstić information content (AvgIpc) is 2.71. The lowest BCUT2D eigenvalue weighted by atomic mass is 10.1. The highest BCUT2D eigenvalue weighted by molar-refractivity contribution is 7.88. The van der Waals surface area contributed by atoms with Crippen molar-refractivity contribution in [1.82, 2.24) is 4.31 Å². The van der Waals surface area contributed by atoms with Crippen molar-refractivity contribution in [3.8, 4) is 0 Å². The molecule has 0 radical (unpaired) electrons. The molecule has 1 atom stereocenters. The first-order chi connectivity index (χ1) is 9.47. The summed E-state index contributed by atoms with van der Waals surface area (Å²) in [6.07, 6.45) is 1.44. The molecule has 0 spiro atoms. The smallest absolute Gasteiger partial charge is 0.414 e. The lowest BCUT2D eigenvalue weighted by molar-refractivity contribution is 0.178. The summed E-state index contributed by atoms with van der Waals surface area (Å²) in [4.78, 5) is 13.5. The van der Waals surface area contributed by atoms with Gasteiger partial charge in [-0.3, -0.25) is 4.90 Å². The van der Waals surface area contributed by atoms with Crippen molar-refractivity contribution >= 4 is 21.8 Å². The molecular weight excluding hydrogens is 280 g/mol. The maximum Gasteiger partial charge on any atom is 0.414 e. The van der Waals surface area contributed by atoms with Crippen LogP contribution in [0.5, 0.6) is 0 Å². The molecule has 1 fully saturated rings. The van der Waals surface area contributed by atoms with E-state index in [1.165, 1.54) is 10.6 Å². The molecule has 2 aliphatic rings. The Morgan fingerprint density at radius 2 is 2.05 bits per heavy atom. The zero-order valence-corrected chi connectivity index (χ0v) is 12.0. The summed E-state index contributed by atoms with van der Waals surface area (Å²) in [6, 6.07) is 7.26. The quantitative estimate of drug-likeness (QED) is 0.780. The molecule has 1 aromatic carbocycles. The standard InChI is InChI=1S/C13H16N2O4S/c1-20(17,18)14-7-6-11-9-19-13(16)15(11)12-5-3-2-4-10(12)8-14/h2-5,11H,6-9H2,1H3/t11-/m0/s1. The highest BCUT2D eigenvalue weighted by Crippen LogP contribution is 2.31. The highest BCUT2D eigenvalue weighted by Gasteiger charge is 2.37. The van der Waals surface area contributed by atoms with E-state index in [2.05, 4.69) is 0 Å². The maximum absolute atomic E-state index is 11.9. The van der Waals surface area contributed by atoms with Gasteiger partial charge >= 0.3 is 6.09 Å². The number of amides is 1. The second-order valence-corrected chi connectivity index (χ2v) is 7.10. The van der Waals surface area contributed by atoms with Gasteiger partial charge in [0.25, 0.3) is 0 Å². The predicted octanol–water partition coefficient (Wildman–Crippen LogP) is 1.18. The number of para-hydroxylation sites is 1. The summed E-state index contributed by atoms with van der Waals surface area (Å²) < 4.78 is 30.2. The largest absolute Gasteiger partial charge is 0.447 e. The summed E-state index contributed by atoms with van der Waals surface area (Å²) in [5, 5.41) is 0. The SMILES string of the molecule is CS(=O)(=O)N1CC[C@H]2COC(=O)N2c2ccccc2C1. The van der Waals surface area contributed by atoms with Gasteiger partial charge in [-0.05, 0) is 18.1 Å². The summed E-state index contributed by atoms with van der Waals surface area (Å²) in [6.45, 7) is 0.987. The fourth-order valence-electron chi connectivity index (χ4n) is 2.69. The monoisotopic (exact) mass is 296 g/mol. The molecule has 20 heavy (non-hydrogen) atoms. The molecule has 3 rings (SSSR count). The van der Waals surface area contributed by atoms with Crippen LogP contribution in [0.1, 0.15) is 12.0 Å². The number of hydrogen-bond donors (Lipinski definition) is 0. The predicted molar refractivity (Wildman–Crippen MR) is 73.9 cm³/mol. The van der Waals surface area contributed by atoms with Crippen LogP contribution in [0.2, 0.25) is 0 Å². The van der Waals surface area contributed by atoms with Gasteiger partial charge in [-0.2, -0.15) is 4.31 Å². The Bertz CT molecular complexity index is 644. The topological polar surface area (TPSA) is 66.9 Å². The number of anilines is 1. The number of carbonyl (C=O) groups is 1. The van der Waals surface area contributed by atoms with Crippen molar-refractivity contribution in [2.75, 3.05) is 24.3 Å². The van der Waals surface area contributed by atoms with Crippen molar-refractivity contribution in [1.29, 1.82) is 0 Å². The van der Waals surface area contributed by atoms with E-state index in [9.17, 15) is 13.2 Å². The Morgan fingerprint density at radius 3 is 2.80 bits per heavy atom. The zero-order chi connectivity index (χ0) is 14.3. The van der Waals surface area contributed by atoms with Crippen molar-refractivity contribution in [3.63, 3.8) is 0 Å². The molecule has 1 amide bonds. The molecule has 1 aromatic rings. The summed E-state index contributed by atoms with van der Waals surface area (Å²) in [5.41, 5.74) is 1.56.